The highest BCUT2D eigenvalue weighted by Crippen LogP contribution is 2.24. The summed E-state index contributed by atoms with van der Waals surface area (Å²) in [4.78, 5) is 22.5. The first-order chi connectivity index (χ1) is 12.4. The molecule has 0 bridgehead atoms. The van der Waals surface area contributed by atoms with Crippen molar-refractivity contribution >= 4 is 27.3 Å². The molecule has 1 N–H and O–H groups in total. The molecule has 1 aliphatic heterocycles. The lowest BCUT2D eigenvalue weighted by Crippen LogP contribution is -2.26. The highest BCUT2D eigenvalue weighted by molar-refractivity contribution is 7.93. The standard InChI is InChI=1S/C17H17N3O5S/c21-17(18-12-13-5-7-15(8-6-13)20(22)23)14-3-1-4-16(11-14)19-9-2-10-26(19,24)25/h1,3-8,11H,2,9-10,12H2,(H,18,21). The summed E-state index contributed by atoms with van der Waals surface area (Å²) < 4.78 is 25.3. The second kappa shape index (κ2) is 7.12. The van der Waals surface area contributed by atoms with Crippen molar-refractivity contribution in [3.63, 3.8) is 0 Å². The predicted molar refractivity (Wildman–Crippen MR) is 96.5 cm³/mol. The molecule has 1 aliphatic rings. The Morgan fingerprint density at radius 3 is 2.54 bits per heavy atom. The van der Waals surface area contributed by atoms with Crippen LogP contribution in [0.2, 0.25) is 0 Å². The van der Waals surface area contributed by atoms with E-state index in [1.165, 1.54) is 16.4 Å². The Morgan fingerprint density at radius 2 is 1.92 bits per heavy atom. The minimum Gasteiger partial charge on any atom is -0.348 e. The van der Waals surface area contributed by atoms with Crippen LogP contribution >= 0.6 is 0 Å². The van der Waals surface area contributed by atoms with Crippen LogP contribution in [0.15, 0.2) is 48.5 Å². The van der Waals surface area contributed by atoms with Crippen LogP contribution < -0.4 is 9.62 Å². The van der Waals surface area contributed by atoms with E-state index in [-0.39, 0.29) is 23.9 Å². The van der Waals surface area contributed by atoms with Gasteiger partial charge in [-0.3, -0.25) is 19.2 Å². The van der Waals surface area contributed by atoms with Crippen LogP contribution in [0.25, 0.3) is 0 Å². The minimum atomic E-state index is -3.30. The first-order valence-electron chi connectivity index (χ1n) is 7.99. The molecule has 1 amide bonds. The third-order valence-electron chi connectivity index (χ3n) is 4.10. The van der Waals surface area contributed by atoms with Gasteiger partial charge in [0.25, 0.3) is 11.6 Å². The lowest BCUT2D eigenvalue weighted by molar-refractivity contribution is -0.384. The van der Waals surface area contributed by atoms with E-state index < -0.39 is 14.9 Å². The monoisotopic (exact) mass is 375 g/mol. The largest absolute Gasteiger partial charge is 0.348 e. The molecule has 0 aliphatic carbocycles. The molecule has 3 rings (SSSR count). The number of nitro groups is 1. The van der Waals surface area contributed by atoms with E-state index in [4.69, 9.17) is 0 Å². The van der Waals surface area contributed by atoms with Crippen LogP contribution in [0.1, 0.15) is 22.3 Å². The molecule has 9 heteroatoms. The molecule has 0 spiro atoms. The summed E-state index contributed by atoms with van der Waals surface area (Å²) in [7, 11) is -3.30. The van der Waals surface area contributed by atoms with Gasteiger partial charge in [-0.05, 0) is 30.2 Å². The number of carbonyl (C=O) groups excluding carboxylic acids is 1. The van der Waals surface area contributed by atoms with Gasteiger partial charge in [0.2, 0.25) is 10.0 Å². The number of carbonyl (C=O) groups is 1. The molecule has 2 aromatic carbocycles. The zero-order valence-electron chi connectivity index (χ0n) is 13.8. The maximum absolute atomic E-state index is 12.3. The maximum atomic E-state index is 12.3. The van der Waals surface area contributed by atoms with Crippen molar-refractivity contribution in [2.24, 2.45) is 0 Å². The third kappa shape index (κ3) is 3.83. The highest BCUT2D eigenvalue weighted by atomic mass is 32.2. The number of sulfonamides is 1. The molecule has 0 unspecified atom stereocenters. The third-order valence-corrected chi connectivity index (χ3v) is 5.97. The molecule has 1 saturated heterocycles. The van der Waals surface area contributed by atoms with E-state index in [1.54, 1.807) is 36.4 Å². The summed E-state index contributed by atoms with van der Waals surface area (Å²) in [6, 6.07) is 12.4. The van der Waals surface area contributed by atoms with Crippen molar-refractivity contribution in [3.05, 3.63) is 69.8 Å². The predicted octanol–water partition coefficient (Wildman–Crippen LogP) is 2.06. The van der Waals surface area contributed by atoms with Gasteiger partial charge in [0.1, 0.15) is 0 Å². The van der Waals surface area contributed by atoms with Gasteiger partial charge in [0, 0.05) is 30.8 Å². The van der Waals surface area contributed by atoms with Crippen LogP contribution in [0.4, 0.5) is 11.4 Å². The fourth-order valence-electron chi connectivity index (χ4n) is 2.75. The Morgan fingerprint density at radius 1 is 1.19 bits per heavy atom. The number of nitro benzene ring substituents is 1. The van der Waals surface area contributed by atoms with E-state index in [1.807, 2.05) is 0 Å². The number of nitrogens with zero attached hydrogens (tertiary/aromatic N) is 2. The normalized spacial score (nSPS) is 15.6. The van der Waals surface area contributed by atoms with E-state index in [0.29, 0.717) is 24.2 Å². The smallest absolute Gasteiger partial charge is 0.269 e. The van der Waals surface area contributed by atoms with E-state index in [2.05, 4.69) is 5.32 Å². The van der Waals surface area contributed by atoms with E-state index in [9.17, 15) is 23.3 Å². The second-order valence-electron chi connectivity index (χ2n) is 5.90. The zero-order valence-corrected chi connectivity index (χ0v) is 14.6. The lowest BCUT2D eigenvalue weighted by Gasteiger charge is -2.17. The number of benzene rings is 2. The number of amides is 1. The molecule has 0 aromatic heterocycles. The van der Waals surface area contributed by atoms with Crippen molar-refractivity contribution in [2.45, 2.75) is 13.0 Å². The van der Waals surface area contributed by atoms with Gasteiger partial charge in [0.15, 0.2) is 0 Å². The number of hydrogen-bond acceptors (Lipinski definition) is 5. The van der Waals surface area contributed by atoms with Crippen molar-refractivity contribution in [1.29, 1.82) is 0 Å². The van der Waals surface area contributed by atoms with Crippen LogP contribution in [0, 0.1) is 10.1 Å². The van der Waals surface area contributed by atoms with Crippen molar-refractivity contribution in [1.82, 2.24) is 5.32 Å². The van der Waals surface area contributed by atoms with Crippen LogP contribution in [-0.2, 0) is 16.6 Å². The molecule has 0 radical (unpaired) electrons. The molecule has 1 fully saturated rings. The summed E-state index contributed by atoms with van der Waals surface area (Å²) in [5.41, 5.74) is 1.54. The fraction of sp³-hybridized carbons (Fsp3) is 0.235. The minimum absolute atomic E-state index is 0.0143. The summed E-state index contributed by atoms with van der Waals surface area (Å²) >= 11 is 0. The van der Waals surface area contributed by atoms with Crippen molar-refractivity contribution < 1.29 is 18.1 Å². The van der Waals surface area contributed by atoms with E-state index in [0.717, 1.165) is 5.56 Å². The number of anilines is 1. The van der Waals surface area contributed by atoms with Crippen LogP contribution in [-0.4, -0.2) is 31.5 Å². The molecule has 2 aromatic rings. The first-order valence-corrected chi connectivity index (χ1v) is 9.60. The van der Waals surface area contributed by atoms with Crippen LogP contribution in [0.5, 0.6) is 0 Å². The van der Waals surface area contributed by atoms with Gasteiger partial charge in [0.05, 0.1) is 16.4 Å². The Balaban J connectivity index is 1.68. The molecular formula is C17H17N3O5S. The van der Waals surface area contributed by atoms with Crippen LogP contribution in [0.3, 0.4) is 0 Å². The molecule has 26 heavy (non-hydrogen) atoms. The Hall–Kier alpha value is -2.94. The first kappa shape index (κ1) is 17.9. The van der Waals surface area contributed by atoms with Gasteiger partial charge in [-0.15, -0.1) is 0 Å². The Labute approximate surface area is 150 Å². The van der Waals surface area contributed by atoms with Gasteiger partial charge in [-0.1, -0.05) is 18.2 Å². The SMILES string of the molecule is O=C(NCc1ccc([N+](=O)[O-])cc1)c1cccc(N2CCCS2(=O)=O)c1. The summed E-state index contributed by atoms with van der Waals surface area (Å²) in [5, 5.41) is 13.4. The number of rotatable bonds is 5. The number of hydrogen-bond donors (Lipinski definition) is 1. The van der Waals surface area contributed by atoms with Gasteiger partial charge < -0.3 is 5.32 Å². The summed E-state index contributed by atoms with van der Waals surface area (Å²) in [5.74, 6) is -0.231. The molecule has 1 heterocycles. The topological polar surface area (TPSA) is 110 Å². The molecule has 0 atom stereocenters. The molecule has 8 nitrogen and oxygen atoms in total. The average Bonchev–Trinajstić information content (AvgIpc) is 2.99. The van der Waals surface area contributed by atoms with Crippen molar-refractivity contribution in [2.75, 3.05) is 16.6 Å². The summed E-state index contributed by atoms with van der Waals surface area (Å²) in [6.45, 7) is 0.624. The number of non-ortho nitro benzene ring substituents is 1. The van der Waals surface area contributed by atoms with Gasteiger partial charge in [-0.2, -0.15) is 0 Å². The molecular weight excluding hydrogens is 358 g/mol. The van der Waals surface area contributed by atoms with Gasteiger partial charge >= 0.3 is 0 Å². The van der Waals surface area contributed by atoms with Gasteiger partial charge in [-0.25, -0.2) is 8.42 Å². The molecule has 136 valence electrons. The lowest BCUT2D eigenvalue weighted by atomic mass is 10.1. The highest BCUT2D eigenvalue weighted by Gasteiger charge is 2.28. The second-order valence-corrected chi connectivity index (χ2v) is 7.91. The maximum Gasteiger partial charge on any atom is 0.269 e. The Kier molecular flexibility index (Phi) is 4.90. The zero-order chi connectivity index (χ0) is 18.7. The van der Waals surface area contributed by atoms with Crippen molar-refractivity contribution in [3.8, 4) is 0 Å². The number of nitrogens with one attached hydrogen (secondary N) is 1. The van der Waals surface area contributed by atoms with E-state index >= 15 is 0 Å². The Bertz CT molecular complexity index is 941. The average molecular weight is 375 g/mol. The fourth-order valence-corrected chi connectivity index (χ4v) is 4.31. The summed E-state index contributed by atoms with van der Waals surface area (Å²) in [6.07, 6.45) is 0.568. The quantitative estimate of drug-likeness (QED) is 0.635. The molecule has 0 saturated carbocycles.